The molecule has 1 aliphatic heterocycles. The number of carbonyl (C=O) groups is 1. The fourth-order valence-corrected chi connectivity index (χ4v) is 3.42. The number of aromatic nitrogens is 1. The van der Waals surface area contributed by atoms with Crippen LogP contribution in [-0.2, 0) is 0 Å². The van der Waals surface area contributed by atoms with Crippen molar-refractivity contribution in [2.75, 3.05) is 6.79 Å². The maximum Gasteiger partial charge on any atom is 0.231 e. The molecule has 0 atom stereocenters. The van der Waals surface area contributed by atoms with Crippen LogP contribution in [0, 0.1) is 0 Å². The minimum atomic E-state index is -0.0809. The van der Waals surface area contributed by atoms with Crippen molar-refractivity contribution < 1.29 is 14.3 Å². The Morgan fingerprint density at radius 3 is 2.55 bits per heavy atom. The van der Waals surface area contributed by atoms with E-state index in [0.29, 0.717) is 28.1 Å². The van der Waals surface area contributed by atoms with E-state index in [-0.39, 0.29) is 17.7 Å². The highest BCUT2D eigenvalue weighted by molar-refractivity contribution is 6.38. The zero-order valence-electron chi connectivity index (χ0n) is 11.2. The summed E-state index contributed by atoms with van der Waals surface area (Å²) >= 11 is 6.28. The van der Waals surface area contributed by atoms with Crippen molar-refractivity contribution in [3.05, 3.63) is 52.7 Å². The molecular formula is C17H8ClNO3. The molecule has 2 heterocycles. The van der Waals surface area contributed by atoms with Crippen LogP contribution >= 0.6 is 11.6 Å². The van der Waals surface area contributed by atoms with Gasteiger partial charge in [0.25, 0.3) is 0 Å². The van der Waals surface area contributed by atoms with Gasteiger partial charge in [-0.15, -0.1) is 0 Å². The Kier molecular flexibility index (Phi) is 2.18. The molecule has 5 heteroatoms. The Morgan fingerprint density at radius 1 is 1.00 bits per heavy atom. The molecule has 0 radical (unpaired) electrons. The zero-order valence-corrected chi connectivity index (χ0v) is 12.0. The molecule has 0 N–H and O–H groups in total. The van der Waals surface area contributed by atoms with E-state index < -0.39 is 0 Å². The summed E-state index contributed by atoms with van der Waals surface area (Å²) in [4.78, 5) is 17.0. The summed E-state index contributed by atoms with van der Waals surface area (Å²) in [5.41, 5.74) is 3.53. The first-order valence-corrected chi connectivity index (χ1v) is 7.19. The molecule has 2 aromatic carbocycles. The highest BCUT2D eigenvalue weighted by Crippen LogP contribution is 2.46. The lowest BCUT2D eigenvalue weighted by molar-refractivity contribution is 0.104. The van der Waals surface area contributed by atoms with E-state index in [0.717, 1.165) is 16.5 Å². The number of ether oxygens (including phenoxy) is 2. The molecule has 0 spiro atoms. The van der Waals surface area contributed by atoms with Crippen LogP contribution in [0.15, 0.2) is 36.4 Å². The number of ketones is 1. The number of pyridine rings is 1. The SMILES string of the molecule is O=C1c2ccccc2-c2c1c(Cl)nc1cc3c(cc21)OCO3. The summed E-state index contributed by atoms with van der Waals surface area (Å²) in [5, 5.41) is 1.07. The molecule has 0 unspecified atom stereocenters. The number of halogens is 1. The topological polar surface area (TPSA) is 48.4 Å². The smallest absolute Gasteiger partial charge is 0.231 e. The molecule has 4 nitrogen and oxygen atoms in total. The van der Waals surface area contributed by atoms with Crippen molar-refractivity contribution in [1.82, 2.24) is 4.98 Å². The van der Waals surface area contributed by atoms with Crippen molar-refractivity contribution in [2.45, 2.75) is 0 Å². The Labute approximate surface area is 130 Å². The van der Waals surface area contributed by atoms with Crippen LogP contribution in [-0.4, -0.2) is 17.6 Å². The van der Waals surface area contributed by atoms with Crippen molar-refractivity contribution in [3.63, 3.8) is 0 Å². The van der Waals surface area contributed by atoms with Gasteiger partial charge in [-0.25, -0.2) is 4.98 Å². The largest absolute Gasteiger partial charge is 0.454 e. The third-order valence-corrected chi connectivity index (χ3v) is 4.38. The Hall–Kier alpha value is -2.59. The highest BCUT2D eigenvalue weighted by atomic mass is 35.5. The van der Waals surface area contributed by atoms with E-state index in [1.54, 1.807) is 6.07 Å². The van der Waals surface area contributed by atoms with Gasteiger partial charge in [-0.05, 0) is 11.6 Å². The van der Waals surface area contributed by atoms with E-state index in [1.807, 2.05) is 30.3 Å². The maximum atomic E-state index is 12.6. The van der Waals surface area contributed by atoms with Gasteiger partial charge in [0, 0.05) is 22.6 Å². The van der Waals surface area contributed by atoms with Crippen molar-refractivity contribution >= 4 is 28.3 Å². The summed E-state index contributed by atoms with van der Waals surface area (Å²) in [6.07, 6.45) is 0. The predicted octanol–water partition coefficient (Wildman–Crippen LogP) is 3.83. The van der Waals surface area contributed by atoms with Crippen LogP contribution in [0.4, 0.5) is 0 Å². The third kappa shape index (κ3) is 1.37. The van der Waals surface area contributed by atoms with Gasteiger partial charge in [-0.1, -0.05) is 35.9 Å². The fraction of sp³-hybridized carbons (Fsp3) is 0.0588. The second-order valence-electron chi connectivity index (χ2n) is 5.25. The minimum Gasteiger partial charge on any atom is -0.454 e. The molecule has 1 aromatic heterocycles. The monoisotopic (exact) mass is 309 g/mol. The van der Waals surface area contributed by atoms with Crippen LogP contribution in [0.3, 0.4) is 0 Å². The van der Waals surface area contributed by atoms with Crippen molar-refractivity contribution in [2.24, 2.45) is 0 Å². The lowest BCUT2D eigenvalue weighted by atomic mass is 10.0. The number of fused-ring (bicyclic) bond motifs is 6. The Balaban J connectivity index is 1.97. The summed E-state index contributed by atoms with van der Waals surface area (Å²) in [5.74, 6) is 1.23. The normalized spacial score (nSPS) is 14.3. The van der Waals surface area contributed by atoms with Crippen molar-refractivity contribution in [1.29, 1.82) is 0 Å². The molecule has 3 aromatic rings. The van der Waals surface area contributed by atoms with E-state index in [1.165, 1.54) is 0 Å². The van der Waals surface area contributed by atoms with Gasteiger partial charge in [0.05, 0.1) is 11.1 Å². The number of hydrogen-bond donors (Lipinski definition) is 0. The lowest BCUT2D eigenvalue weighted by Gasteiger charge is -2.08. The van der Waals surface area contributed by atoms with Gasteiger partial charge in [0.15, 0.2) is 17.3 Å². The number of rotatable bonds is 0. The van der Waals surface area contributed by atoms with Gasteiger partial charge in [-0.3, -0.25) is 4.79 Å². The molecule has 0 saturated carbocycles. The molecule has 22 heavy (non-hydrogen) atoms. The van der Waals surface area contributed by atoms with E-state index in [2.05, 4.69) is 4.98 Å². The highest BCUT2D eigenvalue weighted by Gasteiger charge is 2.32. The second-order valence-corrected chi connectivity index (χ2v) is 5.61. The van der Waals surface area contributed by atoms with Crippen molar-refractivity contribution in [3.8, 4) is 22.6 Å². The number of benzene rings is 2. The maximum absolute atomic E-state index is 12.6. The summed E-state index contributed by atoms with van der Waals surface area (Å²) in [7, 11) is 0. The van der Waals surface area contributed by atoms with Crippen LogP contribution in [0.25, 0.3) is 22.0 Å². The Morgan fingerprint density at radius 2 is 1.73 bits per heavy atom. The van der Waals surface area contributed by atoms with Gasteiger partial charge in [0.1, 0.15) is 5.15 Å². The molecule has 0 amide bonds. The fourth-order valence-electron chi connectivity index (χ4n) is 3.14. The van der Waals surface area contributed by atoms with Crippen LogP contribution in [0.2, 0.25) is 5.15 Å². The van der Waals surface area contributed by atoms with Gasteiger partial charge >= 0.3 is 0 Å². The average Bonchev–Trinajstić information content (AvgIpc) is 3.09. The standard InChI is InChI=1S/C17H8ClNO3/c18-17-15-14(8-3-1-2-4-9(8)16(15)20)10-5-12-13(22-7-21-12)6-11(10)19-17/h1-6H,7H2. The molecule has 2 aliphatic rings. The van der Waals surface area contributed by atoms with Crippen LogP contribution in [0.5, 0.6) is 11.5 Å². The number of nitrogens with zero attached hydrogens (tertiary/aromatic N) is 1. The van der Waals surface area contributed by atoms with Crippen LogP contribution in [0.1, 0.15) is 15.9 Å². The first-order chi connectivity index (χ1) is 10.7. The first kappa shape index (κ1) is 12.0. The first-order valence-electron chi connectivity index (χ1n) is 6.81. The second kappa shape index (κ2) is 3.99. The average molecular weight is 310 g/mol. The quantitative estimate of drug-likeness (QED) is 0.463. The summed E-state index contributed by atoms with van der Waals surface area (Å²) < 4.78 is 10.8. The molecule has 106 valence electrons. The van der Waals surface area contributed by atoms with E-state index >= 15 is 0 Å². The molecule has 0 saturated heterocycles. The van der Waals surface area contributed by atoms with Crippen LogP contribution < -0.4 is 9.47 Å². The number of hydrogen-bond acceptors (Lipinski definition) is 4. The minimum absolute atomic E-state index is 0.0809. The number of carbonyl (C=O) groups excluding carboxylic acids is 1. The summed E-state index contributed by atoms with van der Waals surface area (Å²) in [6.45, 7) is 0.192. The van der Waals surface area contributed by atoms with Gasteiger partial charge < -0.3 is 9.47 Å². The molecule has 1 aliphatic carbocycles. The van der Waals surface area contributed by atoms with Gasteiger partial charge in [-0.2, -0.15) is 0 Å². The van der Waals surface area contributed by atoms with E-state index in [9.17, 15) is 4.79 Å². The lowest BCUT2D eigenvalue weighted by Crippen LogP contribution is -1.98. The molecule has 0 bridgehead atoms. The molecular weight excluding hydrogens is 302 g/mol. The molecule has 5 rings (SSSR count). The van der Waals surface area contributed by atoms with E-state index in [4.69, 9.17) is 21.1 Å². The Bertz CT molecular complexity index is 997. The third-order valence-electron chi connectivity index (χ3n) is 4.10. The molecule has 0 fully saturated rings. The van der Waals surface area contributed by atoms with Gasteiger partial charge in [0.2, 0.25) is 6.79 Å². The zero-order chi connectivity index (χ0) is 14.8. The predicted molar refractivity (Wildman–Crippen MR) is 81.7 cm³/mol. The summed E-state index contributed by atoms with van der Waals surface area (Å²) in [6, 6.07) is 11.2.